The first-order valence-corrected chi connectivity index (χ1v) is 5.47. The van der Waals surface area contributed by atoms with Crippen molar-refractivity contribution >= 4 is 0 Å². The average molecular weight is 169 g/mol. The van der Waals surface area contributed by atoms with Gasteiger partial charge in [0.1, 0.15) is 0 Å². The lowest BCUT2D eigenvalue weighted by Crippen LogP contribution is -2.33. The largest absolute Gasteiger partial charge is 0.314 e. The lowest BCUT2D eigenvalue weighted by Gasteiger charge is -2.21. The molecule has 1 saturated carbocycles. The van der Waals surface area contributed by atoms with Gasteiger partial charge in [-0.15, -0.1) is 0 Å². The van der Waals surface area contributed by atoms with Crippen molar-refractivity contribution in [3.8, 4) is 0 Å². The van der Waals surface area contributed by atoms with Gasteiger partial charge in [-0.1, -0.05) is 33.6 Å². The summed E-state index contributed by atoms with van der Waals surface area (Å²) in [6.07, 6.45) is 5.83. The molecular weight excluding hydrogens is 146 g/mol. The van der Waals surface area contributed by atoms with E-state index in [0.29, 0.717) is 0 Å². The van der Waals surface area contributed by atoms with Gasteiger partial charge in [0, 0.05) is 6.04 Å². The maximum atomic E-state index is 3.57. The van der Waals surface area contributed by atoms with Crippen molar-refractivity contribution in [3.05, 3.63) is 0 Å². The maximum Gasteiger partial charge on any atom is 0.00900 e. The van der Waals surface area contributed by atoms with Crippen LogP contribution in [0.15, 0.2) is 0 Å². The number of hydrogen-bond donors (Lipinski definition) is 1. The first-order valence-electron chi connectivity index (χ1n) is 5.47. The summed E-state index contributed by atoms with van der Waals surface area (Å²) in [4.78, 5) is 0. The Morgan fingerprint density at radius 1 is 1.33 bits per heavy atom. The fourth-order valence-electron chi connectivity index (χ4n) is 1.76. The van der Waals surface area contributed by atoms with Crippen LogP contribution in [0.5, 0.6) is 0 Å². The van der Waals surface area contributed by atoms with Crippen molar-refractivity contribution in [2.45, 2.75) is 52.5 Å². The van der Waals surface area contributed by atoms with E-state index in [1.807, 2.05) is 0 Å². The summed E-state index contributed by atoms with van der Waals surface area (Å²) in [5.41, 5.74) is 0. The summed E-state index contributed by atoms with van der Waals surface area (Å²) in [5.74, 6) is 1.88. The number of rotatable bonds is 6. The topological polar surface area (TPSA) is 12.0 Å². The van der Waals surface area contributed by atoms with E-state index in [1.54, 1.807) is 0 Å². The van der Waals surface area contributed by atoms with Gasteiger partial charge in [0.05, 0.1) is 0 Å². The Labute approximate surface area is 76.9 Å². The van der Waals surface area contributed by atoms with Crippen LogP contribution in [0.1, 0.15) is 46.5 Å². The summed E-state index contributed by atoms with van der Waals surface area (Å²) in [6, 6.07) is 0.760. The molecule has 1 atom stereocenters. The lowest BCUT2D eigenvalue weighted by atomic mass is 9.98. The molecule has 1 rings (SSSR count). The zero-order valence-corrected chi connectivity index (χ0v) is 8.77. The summed E-state index contributed by atoms with van der Waals surface area (Å²) in [6.45, 7) is 7.96. The quantitative estimate of drug-likeness (QED) is 0.644. The van der Waals surface area contributed by atoms with Crippen molar-refractivity contribution in [1.29, 1.82) is 0 Å². The predicted molar refractivity (Wildman–Crippen MR) is 54.3 cm³/mol. The van der Waals surface area contributed by atoms with Gasteiger partial charge >= 0.3 is 0 Å². The van der Waals surface area contributed by atoms with Gasteiger partial charge < -0.3 is 5.32 Å². The highest BCUT2D eigenvalue weighted by Crippen LogP contribution is 2.34. The minimum absolute atomic E-state index is 0.760. The first-order chi connectivity index (χ1) is 5.74. The Morgan fingerprint density at radius 2 is 2.00 bits per heavy atom. The summed E-state index contributed by atoms with van der Waals surface area (Å²) >= 11 is 0. The highest BCUT2D eigenvalue weighted by molar-refractivity contribution is 4.77. The summed E-state index contributed by atoms with van der Waals surface area (Å²) < 4.78 is 0. The average Bonchev–Trinajstić information content (AvgIpc) is 2.80. The van der Waals surface area contributed by atoms with E-state index >= 15 is 0 Å². The Balaban J connectivity index is 2.11. The molecule has 0 spiro atoms. The summed E-state index contributed by atoms with van der Waals surface area (Å²) in [5, 5.41) is 3.57. The highest BCUT2D eigenvalue weighted by Gasteiger charge is 2.23. The fourth-order valence-corrected chi connectivity index (χ4v) is 1.76. The SMILES string of the molecule is CCNC(CCC1CC1)C(C)C. The van der Waals surface area contributed by atoms with Gasteiger partial charge in [0.15, 0.2) is 0 Å². The highest BCUT2D eigenvalue weighted by atomic mass is 14.9. The molecule has 1 unspecified atom stereocenters. The molecule has 1 nitrogen and oxygen atoms in total. The summed E-state index contributed by atoms with van der Waals surface area (Å²) in [7, 11) is 0. The molecule has 72 valence electrons. The normalized spacial score (nSPS) is 20.0. The molecule has 1 fully saturated rings. The number of nitrogens with one attached hydrogen (secondary N) is 1. The molecule has 0 aliphatic heterocycles. The molecule has 0 aromatic rings. The second-order valence-corrected chi connectivity index (χ2v) is 4.43. The van der Waals surface area contributed by atoms with Crippen LogP contribution in [-0.2, 0) is 0 Å². The van der Waals surface area contributed by atoms with E-state index in [4.69, 9.17) is 0 Å². The minimum Gasteiger partial charge on any atom is -0.314 e. The zero-order valence-electron chi connectivity index (χ0n) is 8.77. The predicted octanol–water partition coefficient (Wildman–Crippen LogP) is 2.81. The van der Waals surface area contributed by atoms with E-state index in [1.165, 1.54) is 25.7 Å². The third-order valence-corrected chi connectivity index (χ3v) is 2.85. The Kier molecular flexibility index (Phi) is 4.07. The van der Waals surface area contributed by atoms with Crippen LogP contribution in [-0.4, -0.2) is 12.6 Å². The Bertz CT molecular complexity index is 116. The van der Waals surface area contributed by atoms with Gasteiger partial charge in [-0.25, -0.2) is 0 Å². The van der Waals surface area contributed by atoms with Crippen LogP contribution in [0.4, 0.5) is 0 Å². The third-order valence-electron chi connectivity index (χ3n) is 2.85. The minimum atomic E-state index is 0.760. The van der Waals surface area contributed by atoms with Crippen LogP contribution >= 0.6 is 0 Å². The molecule has 1 aliphatic rings. The van der Waals surface area contributed by atoms with Crippen LogP contribution < -0.4 is 5.32 Å². The molecule has 12 heavy (non-hydrogen) atoms. The van der Waals surface area contributed by atoms with Gasteiger partial charge in [0.25, 0.3) is 0 Å². The second kappa shape index (κ2) is 4.86. The van der Waals surface area contributed by atoms with E-state index in [9.17, 15) is 0 Å². The van der Waals surface area contributed by atoms with E-state index in [2.05, 4.69) is 26.1 Å². The third kappa shape index (κ3) is 3.57. The molecule has 1 N–H and O–H groups in total. The smallest absolute Gasteiger partial charge is 0.00900 e. The van der Waals surface area contributed by atoms with Crippen molar-refractivity contribution in [2.75, 3.05) is 6.54 Å². The van der Waals surface area contributed by atoms with Gasteiger partial charge in [-0.2, -0.15) is 0 Å². The van der Waals surface area contributed by atoms with Crippen molar-refractivity contribution in [3.63, 3.8) is 0 Å². The monoisotopic (exact) mass is 169 g/mol. The molecule has 1 heteroatoms. The van der Waals surface area contributed by atoms with Crippen molar-refractivity contribution in [2.24, 2.45) is 11.8 Å². The molecule has 0 saturated heterocycles. The first kappa shape index (κ1) is 10.0. The molecular formula is C11H23N. The number of hydrogen-bond acceptors (Lipinski definition) is 1. The molecule has 1 aliphatic carbocycles. The molecule has 0 bridgehead atoms. The second-order valence-electron chi connectivity index (χ2n) is 4.43. The zero-order chi connectivity index (χ0) is 8.97. The van der Waals surface area contributed by atoms with Crippen molar-refractivity contribution < 1.29 is 0 Å². The molecule has 0 aromatic carbocycles. The van der Waals surface area contributed by atoms with Gasteiger partial charge in [0.2, 0.25) is 0 Å². The van der Waals surface area contributed by atoms with E-state index < -0.39 is 0 Å². The maximum absolute atomic E-state index is 3.57. The Hall–Kier alpha value is -0.0400. The molecule has 0 heterocycles. The molecule has 0 radical (unpaired) electrons. The lowest BCUT2D eigenvalue weighted by molar-refractivity contribution is 0.370. The van der Waals surface area contributed by atoms with Gasteiger partial charge in [-0.3, -0.25) is 0 Å². The van der Waals surface area contributed by atoms with Crippen LogP contribution in [0.3, 0.4) is 0 Å². The molecule has 0 aromatic heterocycles. The van der Waals surface area contributed by atoms with E-state index in [-0.39, 0.29) is 0 Å². The standard InChI is InChI=1S/C11H23N/c1-4-12-11(9(2)3)8-7-10-5-6-10/h9-12H,4-8H2,1-3H3. The fraction of sp³-hybridized carbons (Fsp3) is 1.00. The Morgan fingerprint density at radius 3 is 2.42 bits per heavy atom. The van der Waals surface area contributed by atoms with Crippen molar-refractivity contribution in [1.82, 2.24) is 5.32 Å². The van der Waals surface area contributed by atoms with E-state index in [0.717, 1.165) is 24.4 Å². The molecule has 0 amide bonds. The van der Waals surface area contributed by atoms with Crippen LogP contribution in [0.2, 0.25) is 0 Å². The van der Waals surface area contributed by atoms with Crippen LogP contribution in [0.25, 0.3) is 0 Å². The van der Waals surface area contributed by atoms with Crippen LogP contribution in [0, 0.1) is 11.8 Å². The van der Waals surface area contributed by atoms with Gasteiger partial charge in [-0.05, 0) is 31.2 Å².